The Morgan fingerprint density at radius 1 is 1.10 bits per heavy atom. The van der Waals surface area contributed by atoms with Gasteiger partial charge in [0.15, 0.2) is 0 Å². The number of sulfonamides is 1. The summed E-state index contributed by atoms with van der Waals surface area (Å²) in [5.74, 6) is 0.246. The first-order valence-electron chi connectivity index (χ1n) is 10.1. The molecule has 2 aromatic carbocycles. The molecular formula is C22H29N3O4S. The van der Waals surface area contributed by atoms with Crippen molar-refractivity contribution in [2.24, 2.45) is 0 Å². The zero-order valence-electron chi connectivity index (χ0n) is 17.7. The number of hydrogen-bond donors (Lipinski definition) is 1. The van der Waals surface area contributed by atoms with Gasteiger partial charge in [-0.05, 0) is 67.8 Å². The summed E-state index contributed by atoms with van der Waals surface area (Å²) < 4.78 is 31.4. The van der Waals surface area contributed by atoms with Gasteiger partial charge in [0.2, 0.25) is 15.9 Å². The third kappa shape index (κ3) is 5.05. The summed E-state index contributed by atoms with van der Waals surface area (Å²) >= 11 is 0. The molecule has 1 saturated heterocycles. The quantitative estimate of drug-likeness (QED) is 0.692. The summed E-state index contributed by atoms with van der Waals surface area (Å²) in [4.78, 5) is 15.3. The summed E-state index contributed by atoms with van der Waals surface area (Å²) in [6, 6.07) is 13.4. The number of nitrogens with one attached hydrogen (secondary N) is 1. The van der Waals surface area contributed by atoms with E-state index in [1.165, 1.54) is 17.1 Å². The lowest BCUT2D eigenvalue weighted by Gasteiger charge is -2.30. The van der Waals surface area contributed by atoms with Crippen LogP contribution in [0.3, 0.4) is 0 Å². The molecular weight excluding hydrogens is 402 g/mol. The maximum atomic E-state index is 13.0. The number of rotatable bonds is 8. The van der Waals surface area contributed by atoms with E-state index in [1.807, 2.05) is 24.3 Å². The molecule has 3 rings (SSSR count). The number of methoxy groups -OCH3 is 1. The van der Waals surface area contributed by atoms with Gasteiger partial charge in [0, 0.05) is 24.5 Å². The van der Waals surface area contributed by atoms with Crippen LogP contribution in [0.25, 0.3) is 0 Å². The minimum absolute atomic E-state index is 0.330. The van der Waals surface area contributed by atoms with Crippen molar-refractivity contribution < 1.29 is 17.9 Å². The predicted octanol–water partition coefficient (Wildman–Crippen LogP) is 3.48. The molecule has 1 aliphatic rings. The van der Waals surface area contributed by atoms with Crippen molar-refractivity contribution in [2.45, 2.75) is 32.2 Å². The molecule has 30 heavy (non-hydrogen) atoms. The standard InChI is InChI=1S/C22H29N3O4S/c1-4-21(25(30(3,27)28)19-11-13-20(29-2)14-12-19)22(26)23-17-7-9-18(10-8-17)24-15-5-6-16-24/h7-14,21H,4-6,15-16H2,1-3H3,(H,23,26)/t21-/m1/s1. The Kier molecular flexibility index (Phi) is 6.87. The first kappa shape index (κ1) is 22.0. The van der Waals surface area contributed by atoms with E-state index in [9.17, 15) is 13.2 Å². The molecule has 0 radical (unpaired) electrons. The third-order valence-electron chi connectivity index (χ3n) is 5.26. The van der Waals surface area contributed by atoms with Crippen LogP contribution in [0.2, 0.25) is 0 Å². The van der Waals surface area contributed by atoms with Crippen molar-refractivity contribution in [1.29, 1.82) is 0 Å². The highest BCUT2D eigenvalue weighted by Gasteiger charge is 2.31. The van der Waals surface area contributed by atoms with E-state index in [-0.39, 0.29) is 5.91 Å². The minimum atomic E-state index is -3.68. The van der Waals surface area contributed by atoms with Crippen LogP contribution < -0.4 is 19.3 Å². The smallest absolute Gasteiger partial charge is 0.248 e. The van der Waals surface area contributed by atoms with Gasteiger partial charge in [-0.15, -0.1) is 0 Å². The summed E-state index contributed by atoms with van der Waals surface area (Å²) in [5.41, 5.74) is 2.20. The maximum Gasteiger partial charge on any atom is 0.248 e. The molecule has 1 aliphatic heterocycles. The van der Waals surface area contributed by atoms with Crippen molar-refractivity contribution in [3.8, 4) is 5.75 Å². The first-order valence-corrected chi connectivity index (χ1v) is 12.0. The lowest BCUT2D eigenvalue weighted by Crippen LogP contribution is -2.47. The highest BCUT2D eigenvalue weighted by Crippen LogP contribution is 2.26. The molecule has 0 aromatic heterocycles. The lowest BCUT2D eigenvalue weighted by atomic mass is 10.1. The summed E-state index contributed by atoms with van der Waals surface area (Å²) in [6.07, 6.45) is 3.83. The van der Waals surface area contributed by atoms with Crippen LogP contribution in [0.4, 0.5) is 17.1 Å². The van der Waals surface area contributed by atoms with Crippen molar-refractivity contribution in [1.82, 2.24) is 0 Å². The summed E-state index contributed by atoms with van der Waals surface area (Å²) in [5, 5.41) is 2.87. The normalized spacial score (nSPS) is 15.0. The number of amides is 1. The number of benzene rings is 2. The number of hydrogen-bond acceptors (Lipinski definition) is 5. The van der Waals surface area contributed by atoms with Gasteiger partial charge in [-0.1, -0.05) is 6.92 Å². The fraction of sp³-hybridized carbons (Fsp3) is 0.409. The van der Waals surface area contributed by atoms with Gasteiger partial charge in [-0.2, -0.15) is 0 Å². The fourth-order valence-corrected chi connectivity index (χ4v) is 4.96. The van der Waals surface area contributed by atoms with E-state index in [1.54, 1.807) is 38.3 Å². The molecule has 0 saturated carbocycles. The largest absolute Gasteiger partial charge is 0.497 e. The van der Waals surface area contributed by atoms with Gasteiger partial charge in [0.1, 0.15) is 11.8 Å². The number of anilines is 3. The Bertz CT molecular complexity index is 953. The lowest BCUT2D eigenvalue weighted by molar-refractivity contribution is -0.117. The van der Waals surface area contributed by atoms with Gasteiger partial charge in [0.25, 0.3) is 0 Å². The van der Waals surface area contributed by atoms with Gasteiger partial charge in [0.05, 0.1) is 19.1 Å². The molecule has 0 aliphatic carbocycles. The zero-order valence-corrected chi connectivity index (χ0v) is 18.5. The van der Waals surface area contributed by atoms with Crippen LogP contribution in [0.5, 0.6) is 5.75 Å². The van der Waals surface area contributed by atoms with Crippen molar-refractivity contribution >= 4 is 33.0 Å². The average Bonchev–Trinajstić information content (AvgIpc) is 3.26. The van der Waals surface area contributed by atoms with Crippen LogP contribution in [-0.2, 0) is 14.8 Å². The maximum absolute atomic E-state index is 13.0. The summed E-state index contributed by atoms with van der Waals surface area (Å²) in [6.45, 7) is 3.89. The summed E-state index contributed by atoms with van der Waals surface area (Å²) in [7, 11) is -2.14. The number of ether oxygens (including phenoxy) is 1. The van der Waals surface area contributed by atoms with Crippen molar-refractivity contribution in [3.63, 3.8) is 0 Å². The Morgan fingerprint density at radius 3 is 2.20 bits per heavy atom. The molecule has 0 bridgehead atoms. The van der Waals surface area contributed by atoms with E-state index >= 15 is 0 Å². The minimum Gasteiger partial charge on any atom is -0.497 e. The SMILES string of the molecule is CC[C@H](C(=O)Nc1ccc(N2CCCC2)cc1)N(c1ccc(OC)cc1)S(C)(=O)=O. The van der Waals surface area contributed by atoms with E-state index in [4.69, 9.17) is 4.74 Å². The topological polar surface area (TPSA) is 79.0 Å². The Hall–Kier alpha value is -2.74. The zero-order chi connectivity index (χ0) is 21.7. The number of carbonyl (C=O) groups is 1. The average molecular weight is 432 g/mol. The van der Waals surface area contributed by atoms with Gasteiger partial charge in [-0.25, -0.2) is 8.42 Å². The van der Waals surface area contributed by atoms with Gasteiger partial charge >= 0.3 is 0 Å². The molecule has 0 unspecified atom stereocenters. The second-order valence-electron chi connectivity index (χ2n) is 7.41. The van der Waals surface area contributed by atoms with E-state index in [2.05, 4.69) is 10.2 Å². The van der Waals surface area contributed by atoms with E-state index in [0.29, 0.717) is 23.5 Å². The molecule has 1 N–H and O–H groups in total. The fourth-order valence-electron chi connectivity index (χ4n) is 3.75. The van der Waals surface area contributed by atoms with E-state index in [0.717, 1.165) is 25.0 Å². The van der Waals surface area contributed by atoms with Crippen LogP contribution in [0, 0.1) is 0 Å². The first-order chi connectivity index (χ1) is 14.3. The predicted molar refractivity (Wildman–Crippen MR) is 121 cm³/mol. The molecule has 2 aromatic rings. The second kappa shape index (κ2) is 9.38. The van der Waals surface area contributed by atoms with Crippen LogP contribution >= 0.6 is 0 Å². The molecule has 162 valence electrons. The molecule has 0 spiro atoms. The van der Waals surface area contributed by atoms with Gasteiger partial charge in [-0.3, -0.25) is 9.10 Å². The van der Waals surface area contributed by atoms with Crippen LogP contribution in [0.15, 0.2) is 48.5 Å². The molecule has 1 amide bonds. The van der Waals surface area contributed by atoms with Crippen LogP contribution in [-0.4, -0.2) is 46.8 Å². The molecule has 1 heterocycles. The van der Waals surface area contributed by atoms with E-state index < -0.39 is 16.1 Å². The molecule has 1 atom stereocenters. The monoisotopic (exact) mass is 431 g/mol. The molecule has 8 heteroatoms. The van der Waals surface area contributed by atoms with Crippen LogP contribution in [0.1, 0.15) is 26.2 Å². The number of nitrogens with zero attached hydrogens (tertiary/aromatic N) is 2. The molecule has 7 nitrogen and oxygen atoms in total. The van der Waals surface area contributed by atoms with Gasteiger partial charge < -0.3 is 15.0 Å². The van der Waals surface area contributed by atoms with Crippen molar-refractivity contribution in [2.75, 3.05) is 41.0 Å². The Balaban J connectivity index is 1.79. The molecule has 1 fully saturated rings. The second-order valence-corrected chi connectivity index (χ2v) is 9.27. The number of carbonyl (C=O) groups excluding carboxylic acids is 1. The highest BCUT2D eigenvalue weighted by molar-refractivity contribution is 7.92. The third-order valence-corrected chi connectivity index (χ3v) is 6.44. The highest BCUT2D eigenvalue weighted by atomic mass is 32.2. The Labute approximate surface area is 178 Å². The Morgan fingerprint density at radius 2 is 1.70 bits per heavy atom. The van der Waals surface area contributed by atoms with Crippen molar-refractivity contribution in [3.05, 3.63) is 48.5 Å².